The summed E-state index contributed by atoms with van der Waals surface area (Å²) >= 11 is 2.14. The first kappa shape index (κ1) is 19.9. The summed E-state index contributed by atoms with van der Waals surface area (Å²) in [7, 11) is 0. The van der Waals surface area contributed by atoms with E-state index in [1.165, 1.54) is 0 Å². The second kappa shape index (κ2) is 9.85. The zero-order chi connectivity index (χ0) is 18.1. The number of carboxylic acid groups (broad SMARTS) is 2. The predicted octanol–water partition coefficient (Wildman–Crippen LogP) is 1.02. The lowest BCUT2D eigenvalue weighted by Gasteiger charge is -2.17. The van der Waals surface area contributed by atoms with E-state index >= 15 is 0 Å². The van der Waals surface area contributed by atoms with Gasteiger partial charge in [0, 0.05) is 9.99 Å². The van der Waals surface area contributed by atoms with Crippen LogP contribution in [-0.2, 0) is 20.8 Å². The molecule has 0 fully saturated rings. The van der Waals surface area contributed by atoms with Gasteiger partial charge >= 0.3 is 18.0 Å². The molecule has 0 saturated heterocycles. The fourth-order valence-electron chi connectivity index (χ4n) is 1.90. The smallest absolute Gasteiger partial charge is 0.326 e. The van der Waals surface area contributed by atoms with E-state index < -0.39 is 36.5 Å². The largest absolute Gasteiger partial charge is 0.481 e. The summed E-state index contributed by atoms with van der Waals surface area (Å²) in [5, 5.41) is 22.1. The SMILES string of the molecule is O=C[C@H](Cc1ccc(I)cc1)NC(=O)N[C@@H](CCC(=O)O)C(=O)O. The van der Waals surface area contributed by atoms with Crippen molar-refractivity contribution in [3.63, 3.8) is 0 Å². The number of benzene rings is 1. The molecular weight excluding hydrogens is 431 g/mol. The van der Waals surface area contributed by atoms with Gasteiger partial charge in [0.2, 0.25) is 0 Å². The van der Waals surface area contributed by atoms with Crippen LogP contribution in [0.25, 0.3) is 0 Å². The zero-order valence-corrected chi connectivity index (χ0v) is 14.7. The monoisotopic (exact) mass is 448 g/mol. The van der Waals surface area contributed by atoms with Crippen LogP contribution in [0.2, 0.25) is 0 Å². The van der Waals surface area contributed by atoms with E-state index in [2.05, 4.69) is 33.2 Å². The van der Waals surface area contributed by atoms with Crippen molar-refractivity contribution < 1.29 is 29.4 Å². The first-order valence-corrected chi connectivity index (χ1v) is 8.11. The van der Waals surface area contributed by atoms with Gasteiger partial charge in [-0.1, -0.05) is 12.1 Å². The Kier molecular flexibility index (Phi) is 8.16. The molecule has 2 atom stereocenters. The molecule has 0 heterocycles. The standard InChI is InChI=1S/C15H17IN2O6/c16-10-3-1-9(2-4-10)7-11(8-19)17-15(24)18-12(14(22)23)5-6-13(20)21/h1-4,8,11-12H,5-7H2,(H,20,21)(H,22,23)(H2,17,18,24)/t11-,12-/m0/s1. The topological polar surface area (TPSA) is 133 Å². The van der Waals surface area contributed by atoms with Crippen molar-refractivity contribution in [2.24, 2.45) is 0 Å². The van der Waals surface area contributed by atoms with E-state index in [4.69, 9.17) is 10.2 Å². The van der Waals surface area contributed by atoms with Gasteiger partial charge in [-0.15, -0.1) is 0 Å². The summed E-state index contributed by atoms with van der Waals surface area (Å²) in [6.07, 6.45) is 0.184. The van der Waals surface area contributed by atoms with Crippen molar-refractivity contribution in [3.05, 3.63) is 33.4 Å². The number of hydrogen-bond acceptors (Lipinski definition) is 4. The number of hydrogen-bond donors (Lipinski definition) is 4. The number of aliphatic carboxylic acids is 2. The lowest BCUT2D eigenvalue weighted by atomic mass is 10.1. The van der Waals surface area contributed by atoms with Gasteiger partial charge in [-0.05, 0) is 53.1 Å². The molecule has 24 heavy (non-hydrogen) atoms. The van der Waals surface area contributed by atoms with Crippen molar-refractivity contribution in [1.29, 1.82) is 0 Å². The molecule has 1 aromatic rings. The van der Waals surface area contributed by atoms with Crippen LogP contribution in [0, 0.1) is 3.57 Å². The number of carbonyl (C=O) groups is 4. The Morgan fingerprint density at radius 1 is 1.12 bits per heavy atom. The highest BCUT2D eigenvalue weighted by molar-refractivity contribution is 14.1. The number of rotatable bonds is 9. The van der Waals surface area contributed by atoms with Crippen molar-refractivity contribution in [3.8, 4) is 0 Å². The van der Waals surface area contributed by atoms with Gasteiger partial charge in [-0.3, -0.25) is 4.79 Å². The van der Waals surface area contributed by atoms with E-state index in [0.717, 1.165) is 9.13 Å². The molecule has 2 amide bonds. The van der Waals surface area contributed by atoms with Crippen LogP contribution >= 0.6 is 22.6 Å². The van der Waals surface area contributed by atoms with Gasteiger partial charge in [-0.2, -0.15) is 0 Å². The molecule has 0 aliphatic rings. The van der Waals surface area contributed by atoms with E-state index in [1.807, 2.05) is 24.3 Å². The average molecular weight is 448 g/mol. The molecule has 4 N–H and O–H groups in total. The van der Waals surface area contributed by atoms with Crippen LogP contribution in [-0.4, -0.2) is 46.6 Å². The summed E-state index contributed by atoms with van der Waals surface area (Å²) in [6.45, 7) is 0. The average Bonchev–Trinajstić information content (AvgIpc) is 2.52. The lowest BCUT2D eigenvalue weighted by Crippen LogP contribution is -2.50. The Bertz CT molecular complexity index is 604. The summed E-state index contributed by atoms with van der Waals surface area (Å²) in [6, 6.07) is 4.38. The molecule has 9 heteroatoms. The van der Waals surface area contributed by atoms with Crippen molar-refractivity contribution in [1.82, 2.24) is 10.6 Å². The van der Waals surface area contributed by atoms with E-state index in [-0.39, 0.29) is 12.8 Å². The number of carboxylic acids is 2. The Balaban J connectivity index is 2.58. The summed E-state index contributed by atoms with van der Waals surface area (Å²) in [5.41, 5.74) is 0.841. The van der Waals surface area contributed by atoms with Crippen LogP contribution in [0.5, 0.6) is 0 Å². The minimum atomic E-state index is -1.34. The Morgan fingerprint density at radius 3 is 2.25 bits per heavy atom. The number of aldehydes is 1. The molecular formula is C15H17IN2O6. The third-order valence-corrected chi connectivity index (χ3v) is 3.82. The minimum absolute atomic E-state index is 0.249. The van der Waals surface area contributed by atoms with Gasteiger partial charge in [-0.25, -0.2) is 9.59 Å². The second-order valence-electron chi connectivity index (χ2n) is 5.01. The quantitative estimate of drug-likeness (QED) is 0.330. The van der Waals surface area contributed by atoms with Crippen LogP contribution in [0.1, 0.15) is 18.4 Å². The van der Waals surface area contributed by atoms with Crippen molar-refractivity contribution in [2.75, 3.05) is 0 Å². The van der Waals surface area contributed by atoms with Crippen LogP contribution < -0.4 is 10.6 Å². The predicted molar refractivity (Wildman–Crippen MR) is 92.7 cm³/mol. The van der Waals surface area contributed by atoms with Crippen LogP contribution in [0.4, 0.5) is 4.79 Å². The van der Waals surface area contributed by atoms with Gasteiger partial charge in [0.15, 0.2) is 0 Å². The molecule has 0 aliphatic heterocycles. The highest BCUT2D eigenvalue weighted by Gasteiger charge is 2.22. The van der Waals surface area contributed by atoms with Gasteiger partial charge in [0.1, 0.15) is 12.3 Å². The Hall–Kier alpha value is -2.17. The molecule has 0 spiro atoms. The normalized spacial score (nSPS) is 12.7. The second-order valence-corrected chi connectivity index (χ2v) is 6.26. The molecule has 0 saturated carbocycles. The molecule has 1 rings (SSSR count). The Morgan fingerprint density at radius 2 is 1.75 bits per heavy atom. The first-order valence-electron chi connectivity index (χ1n) is 7.03. The van der Waals surface area contributed by atoms with E-state index in [0.29, 0.717) is 6.29 Å². The molecule has 0 aliphatic carbocycles. The third-order valence-electron chi connectivity index (χ3n) is 3.10. The molecule has 0 bridgehead atoms. The first-order chi connectivity index (χ1) is 11.3. The molecule has 130 valence electrons. The minimum Gasteiger partial charge on any atom is -0.481 e. The fourth-order valence-corrected chi connectivity index (χ4v) is 2.26. The molecule has 0 aromatic heterocycles. The maximum absolute atomic E-state index is 11.8. The maximum atomic E-state index is 11.8. The Labute approximate surface area is 151 Å². The number of carbonyl (C=O) groups excluding carboxylic acids is 2. The number of halogens is 1. The van der Waals surface area contributed by atoms with Gasteiger partial charge < -0.3 is 25.6 Å². The maximum Gasteiger partial charge on any atom is 0.326 e. The van der Waals surface area contributed by atoms with Crippen molar-refractivity contribution >= 4 is 46.8 Å². The third kappa shape index (κ3) is 7.40. The summed E-state index contributed by atoms with van der Waals surface area (Å²) < 4.78 is 1.03. The summed E-state index contributed by atoms with van der Waals surface area (Å²) in [5.74, 6) is -2.50. The van der Waals surface area contributed by atoms with E-state index in [9.17, 15) is 19.2 Å². The van der Waals surface area contributed by atoms with Crippen LogP contribution in [0.15, 0.2) is 24.3 Å². The van der Waals surface area contributed by atoms with Crippen LogP contribution in [0.3, 0.4) is 0 Å². The number of amides is 2. The summed E-state index contributed by atoms with van der Waals surface area (Å²) in [4.78, 5) is 44.4. The van der Waals surface area contributed by atoms with E-state index in [1.54, 1.807) is 0 Å². The van der Waals surface area contributed by atoms with Gasteiger partial charge in [0.25, 0.3) is 0 Å². The molecule has 8 nitrogen and oxygen atoms in total. The molecule has 0 radical (unpaired) electrons. The zero-order valence-electron chi connectivity index (χ0n) is 12.6. The highest BCUT2D eigenvalue weighted by atomic mass is 127. The molecule has 1 aromatic carbocycles. The van der Waals surface area contributed by atoms with Crippen molar-refractivity contribution in [2.45, 2.75) is 31.3 Å². The fraction of sp³-hybridized carbons (Fsp3) is 0.333. The lowest BCUT2D eigenvalue weighted by molar-refractivity contribution is -0.140. The molecule has 0 unspecified atom stereocenters. The number of urea groups is 1. The van der Waals surface area contributed by atoms with Gasteiger partial charge in [0.05, 0.1) is 6.04 Å². The highest BCUT2D eigenvalue weighted by Crippen LogP contribution is 2.08. The number of nitrogens with one attached hydrogen (secondary N) is 2.